The Morgan fingerprint density at radius 2 is 2.07 bits per heavy atom. The normalized spacial score (nSPS) is 17.2. The van der Waals surface area contributed by atoms with Crippen molar-refractivity contribution in [1.29, 1.82) is 0 Å². The zero-order valence-corrected chi connectivity index (χ0v) is 8.43. The van der Waals surface area contributed by atoms with E-state index < -0.39 is 5.97 Å². The molecule has 15 heavy (non-hydrogen) atoms. The van der Waals surface area contributed by atoms with Crippen LogP contribution in [0.4, 0.5) is 0 Å². The Morgan fingerprint density at radius 3 is 2.47 bits per heavy atom. The number of hydrogen-bond donors (Lipinski definition) is 1. The highest BCUT2D eigenvalue weighted by Crippen LogP contribution is 2.15. The Balaban J connectivity index is 0.000000195. The van der Waals surface area contributed by atoms with Gasteiger partial charge in [0.15, 0.2) is 0 Å². The van der Waals surface area contributed by atoms with Gasteiger partial charge in [-0.1, -0.05) is 36.9 Å². The molecule has 1 aromatic carbocycles. The molecule has 1 heterocycles. The number of rotatable bonds is 3. The summed E-state index contributed by atoms with van der Waals surface area (Å²) in [5.41, 5.74) is 1.38. The molecule has 1 fully saturated rings. The van der Waals surface area contributed by atoms with E-state index >= 15 is 0 Å². The predicted octanol–water partition coefficient (Wildman–Crippen LogP) is 1.88. The number of hydrogen-bond acceptors (Lipinski definition) is 2. The van der Waals surface area contributed by atoms with Gasteiger partial charge in [0.1, 0.15) is 0 Å². The van der Waals surface area contributed by atoms with Crippen LogP contribution >= 0.6 is 0 Å². The zero-order chi connectivity index (χ0) is 11.1. The predicted molar refractivity (Wildman–Crippen MR) is 57.7 cm³/mol. The van der Waals surface area contributed by atoms with E-state index in [1.54, 1.807) is 0 Å². The second kappa shape index (κ2) is 5.98. The van der Waals surface area contributed by atoms with Crippen molar-refractivity contribution in [3.63, 3.8) is 0 Å². The average molecular weight is 206 g/mol. The monoisotopic (exact) mass is 206 g/mol. The Morgan fingerprint density at radius 1 is 1.53 bits per heavy atom. The molecule has 3 heteroatoms. The minimum absolute atomic E-state index is 0.516. The maximum absolute atomic E-state index is 9.25. The SMILES string of the molecule is C=CC(=O)O.c1ccc(CC2CO2)cc1. The average Bonchev–Trinajstić information content (AvgIpc) is 3.04. The Kier molecular flexibility index (Phi) is 4.57. The van der Waals surface area contributed by atoms with E-state index in [1.165, 1.54) is 5.56 Å². The maximum atomic E-state index is 9.25. The van der Waals surface area contributed by atoms with E-state index in [1.807, 2.05) is 6.07 Å². The molecule has 1 aliphatic rings. The first-order valence-electron chi connectivity index (χ1n) is 4.73. The van der Waals surface area contributed by atoms with Crippen molar-refractivity contribution in [1.82, 2.24) is 0 Å². The molecule has 0 amide bonds. The summed E-state index contributed by atoms with van der Waals surface area (Å²) >= 11 is 0. The second-order valence-corrected chi connectivity index (χ2v) is 3.19. The minimum atomic E-state index is -0.981. The number of epoxide rings is 1. The fourth-order valence-corrected chi connectivity index (χ4v) is 1.06. The summed E-state index contributed by atoms with van der Waals surface area (Å²) in [6.45, 7) is 3.91. The second-order valence-electron chi connectivity index (χ2n) is 3.19. The molecule has 0 radical (unpaired) electrons. The Hall–Kier alpha value is -1.61. The molecule has 1 N–H and O–H groups in total. The molecule has 0 bridgehead atoms. The first-order valence-corrected chi connectivity index (χ1v) is 4.73. The third kappa shape index (κ3) is 5.65. The third-order valence-electron chi connectivity index (χ3n) is 1.88. The molecule has 1 unspecified atom stereocenters. The summed E-state index contributed by atoms with van der Waals surface area (Å²) in [5.74, 6) is -0.981. The number of carboxylic acids is 1. The molecule has 1 saturated heterocycles. The standard InChI is InChI=1S/C9H10O.C3H4O2/c1-2-4-8(5-3-1)6-9-7-10-9;1-2-3(4)5/h1-5,9H,6-7H2;2H,1H2,(H,4,5). The van der Waals surface area contributed by atoms with Gasteiger partial charge in [0.05, 0.1) is 12.7 Å². The molecule has 3 nitrogen and oxygen atoms in total. The van der Waals surface area contributed by atoms with Crippen LogP contribution in [0.15, 0.2) is 43.0 Å². The van der Waals surface area contributed by atoms with Gasteiger partial charge in [0.25, 0.3) is 0 Å². The molecule has 1 aliphatic heterocycles. The highest BCUT2D eigenvalue weighted by molar-refractivity contribution is 5.78. The summed E-state index contributed by atoms with van der Waals surface area (Å²) in [6.07, 6.45) is 2.43. The number of carboxylic acid groups (broad SMARTS) is 1. The van der Waals surface area contributed by atoms with E-state index in [-0.39, 0.29) is 0 Å². The molecule has 1 aromatic rings. The first-order chi connectivity index (χ1) is 7.22. The van der Waals surface area contributed by atoms with Crippen LogP contribution in [-0.2, 0) is 16.0 Å². The van der Waals surface area contributed by atoms with Gasteiger partial charge < -0.3 is 9.84 Å². The Bertz CT molecular complexity index is 315. The van der Waals surface area contributed by atoms with Gasteiger partial charge >= 0.3 is 5.97 Å². The summed E-state index contributed by atoms with van der Waals surface area (Å²) in [6, 6.07) is 10.5. The molecule has 0 saturated carbocycles. The van der Waals surface area contributed by atoms with E-state index in [9.17, 15) is 4.79 Å². The van der Waals surface area contributed by atoms with Crippen molar-refractivity contribution in [3.8, 4) is 0 Å². The maximum Gasteiger partial charge on any atom is 0.327 e. The van der Waals surface area contributed by atoms with Crippen molar-refractivity contribution < 1.29 is 14.6 Å². The van der Waals surface area contributed by atoms with Crippen LogP contribution in [0.1, 0.15) is 5.56 Å². The topological polar surface area (TPSA) is 49.8 Å². The molecule has 2 rings (SSSR count). The lowest BCUT2D eigenvalue weighted by Gasteiger charge is -1.93. The van der Waals surface area contributed by atoms with Crippen LogP contribution in [0.5, 0.6) is 0 Å². The Labute approximate surface area is 89.0 Å². The van der Waals surface area contributed by atoms with Crippen LogP contribution < -0.4 is 0 Å². The van der Waals surface area contributed by atoms with E-state index in [0.29, 0.717) is 6.10 Å². The van der Waals surface area contributed by atoms with Crippen molar-refractivity contribution in [3.05, 3.63) is 48.6 Å². The van der Waals surface area contributed by atoms with Gasteiger partial charge in [0, 0.05) is 12.5 Å². The summed E-state index contributed by atoms with van der Waals surface area (Å²) in [5, 5.41) is 7.60. The number of aliphatic carboxylic acids is 1. The largest absolute Gasteiger partial charge is 0.478 e. The fraction of sp³-hybridized carbons (Fsp3) is 0.250. The summed E-state index contributed by atoms with van der Waals surface area (Å²) < 4.78 is 5.11. The molecule has 1 atom stereocenters. The van der Waals surface area contributed by atoms with Crippen LogP contribution in [0.3, 0.4) is 0 Å². The van der Waals surface area contributed by atoms with Crippen LogP contribution in [0, 0.1) is 0 Å². The zero-order valence-electron chi connectivity index (χ0n) is 8.43. The smallest absolute Gasteiger partial charge is 0.327 e. The lowest BCUT2D eigenvalue weighted by atomic mass is 10.1. The molecular formula is C12H14O3. The molecule has 0 spiro atoms. The van der Waals surface area contributed by atoms with Crippen molar-refractivity contribution in [2.24, 2.45) is 0 Å². The molecule has 80 valence electrons. The molecule has 0 aromatic heterocycles. The number of benzene rings is 1. The fourth-order valence-electron chi connectivity index (χ4n) is 1.06. The van der Waals surface area contributed by atoms with Gasteiger partial charge in [-0.25, -0.2) is 4.79 Å². The van der Waals surface area contributed by atoms with Gasteiger partial charge in [-0.05, 0) is 5.56 Å². The highest BCUT2D eigenvalue weighted by Gasteiger charge is 2.21. The van der Waals surface area contributed by atoms with Gasteiger partial charge in [-0.3, -0.25) is 0 Å². The molecule has 0 aliphatic carbocycles. The minimum Gasteiger partial charge on any atom is -0.478 e. The highest BCUT2D eigenvalue weighted by atomic mass is 16.6. The van der Waals surface area contributed by atoms with Crippen LogP contribution in [0.25, 0.3) is 0 Å². The third-order valence-corrected chi connectivity index (χ3v) is 1.88. The van der Waals surface area contributed by atoms with Gasteiger partial charge in [-0.15, -0.1) is 0 Å². The summed E-state index contributed by atoms with van der Waals surface area (Å²) in [7, 11) is 0. The van der Waals surface area contributed by atoms with Crippen molar-refractivity contribution in [2.75, 3.05) is 6.61 Å². The van der Waals surface area contributed by atoms with E-state index in [0.717, 1.165) is 19.1 Å². The summed E-state index contributed by atoms with van der Waals surface area (Å²) in [4.78, 5) is 9.25. The van der Waals surface area contributed by atoms with E-state index in [2.05, 4.69) is 30.8 Å². The molecular weight excluding hydrogens is 192 g/mol. The quantitative estimate of drug-likeness (QED) is 0.607. The lowest BCUT2D eigenvalue weighted by molar-refractivity contribution is -0.131. The van der Waals surface area contributed by atoms with Crippen molar-refractivity contribution >= 4 is 5.97 Å². The lowest BCUT2D eigenvalue weighted by Crippen LogP contribution is -1.90. The van der Waals surface area contributed by atoms with Crippen molar-refractivity contribution in [2.45, 2.75) is 12.5 Å². The van der Waals surface area contributed by atoms with E-state index in [4.69, 9.17) is 9.84 Å². The van der Waals surface area contributed by atoms with Crippen LogP contribution in [0.2, 0.25) is 0 Å². The van der Waals surface area contributed by atoms with Crippen LogP contribution in [-0.4, -0.2) is 23.8 Å². The number of carbonyl (C=O) groups is 1. The van der Waals surface area contributed by atoms with Gasteiger partial charge in [0.2, 0.25) is 0 Å². The first kappa shape index (κ1) is 11.5. The number of ether oxygens (including phenoxy) is 1. The van der Waals surface area contributed by atoms with Gasteiger partial charge in [-0.2, -0.15) is 0 Å².